The molecule has 0 fully saturated rings. The summed E-state index contributed by atoms with van der Waals surface area (Å²) in [4.78, 5) is 4.08. The summed E-state index contributed by atoms with van der Waals surface area (Å²) in [7, 11) is 0. The van der Waals surface area contributed by atoms with Crippen molar-refractivity contribution in [3.63, 3.8) is 0 Å². The van der Waals surface area contributed by atoms with Gasteiger partial charge in [-0.15, -0.1) is 11.3 Å². The lowest BCUT2D eigenvalue weighted by molar-refractivity contribution is 0.226. The van der Waals surface area contributed by atoms with Crippen molar-refractivity contribution in [3.8, 4) is 0 Å². The average molecular weight is 254 g/mol. The summed E-state index contributed by atoms with van der Waals surface area (Å²) in [6, 6.07) is 0. The third-order valence-electron chi connectivity index (χ3n) is 0.987. The van der Waals surface area contributed by atoms with Gasteiger partial charge < -0.3 is 5.11 Å². The highest BCUT2D eigenvalue weighted by molar-refractivity contribution is 9.09. The number of hydrogen-bond donors (Lipinski definition) is 1. The summed E-state index contributed by atoms with van der Waals surface area (Å²) < 4.78 is 1.02. The molecule has 0 aliphatic rings. The van der Waals surface area contributed by atoms with E-state index in [1.807, 2.05) is 5.38 Å². The van der Waals surface area contributed by atoms with Gasteiger partial charge >= 0.3 is 0 Å². The molecule has 0 saturated heterocycles. The third kappa shape index (κ3) is 3.55. The predicted molar refractivity (Wildman–Crippen MR) is 52.6 cm³/mol. The van der Waals surface area contributed by atoms with Crippen LogP contribution in [0.5, 0.6) is 0 Å². The molecule has 0 spiro atoms. The van der Waals surface area contributed by atoms with Crippen molar-refractivity contribution < 1.29 is 5.11 Å². The number of halogens is 1. The number of aliphatic hydroxyl groups is 1. The van der Waals surface area contributed by atoms with Gasteiger partial charge in [-0.25, -0.2) is 4.98 Å². The molecule has 1 rings (SSSR count). The van der Waals surface area contributed by atoms with E-state index in [-0.39, 0.29) is 6.10 Å². The Balaban J connectivity index is 2.23. The van der Waals surface area contributed by atoms with Crippen LogP contribution < -0.4 is 0 Å². The van der Waals surface area contributed by atoms with Crippen molar-refractivity contribution in [1.82, 2.24) is 4.98 Å². The topological polar surface area (TPSA) is 33.1 Å². The van der Waals surface area contributed by atoms with Crippen molar-refractivity contribution in [1.29, 1.82) is 0 Å². The molecular formula is C6H8BrNOS2. The first-order valence-electron chi connectivity index (χ1n) is 3.09. The molecule has 1 aromatic rings. The zero-order valence-corrected chi connectivity index (χ0v) is 8.95. The first-order valence-corrected chi connectivity index (χ1v) is 6.08. The second-order valence-electron chi connectivity index (χ2n) is 1.92. The summed E-state index contributed by atoms with van der Waals surface area (Å²) in [5.74, 6) is 0.707. The Labute approximate surface area is 82.2 Å². The normalized spacial score (nSPS) is 13.3. The number of alkyl halides is 1. The quantitative estimate of drug-likeness (QED) is 0.659. The summed E-state index contributed by atoms with van der Waals surface area (Å²) in [5, 5.41) is 11.7. The molecule has 1 N–H and O–H groups in total. The van der Waals surface area contributed by atoms with Crippen molar-refractivity contribution in [2.45, 2.75) is 10.4 Å². The smallest absolute Gasteiger partial charge is 0.149 e. The lowest BCUT2D eigenvalue weighted by Gasteiger charge is -2.02. The van der Waals surface area contributed by atoms with Crippen LogP contribution in [0.25, 0.3) is 0 Å². The number of hydrogen-bond acceptors (Lipinski definition) is 4. The number of nitrogens with zero attached hydrogens (tertiary/aromatic N) is 1. The van der Waals surface area contributed by atoms with Crippen molar-refractivity contribution in [3.05, 3.63) is 11.6 Å². The minimum absolute atomic E-state index is 0.274. The molecule has 1 atom stereocenters. The van der Waals surface area contributed by atoms with Gasteiger partial charge in [-0.1, -0.05) is 27.7 Å². The Morgan fingerprint density at radius 1 is 1.82 bits per heavy atom. The van der Waals surface area contributed by atoms with Crippen LogP contribution in [0.3, 0.4) is 0 Å². The molecule has 0 bridgehead atoms. The fraction of sp³-hybridized carbons (Fsp3) is 0.500. The Bertz CT molecular complexity index is 192. The Kier molecular flexibility index (Phi) is 4.44. The third-order valence-corrected chi connectivity index (χ3v) is 3.85. The van der Waals surface area contributed by atoms with E-state index in [1.54, 1.807) is 29.3 Å². The van der Waals surface area contributed by atoms with E-state index in [9.17, 15) is 0 Å². The van der Waals surface area contributed by atoms with Crippen molar-refractivity contribution in [2.75, 3.05) is 11.1 Å². The Morgan fingerprint density at radius 2 is 2.64 bits per heavy atom. The van der Waals surface area contributed by atoms with E-state index in [0.29, 0.717) is 11.1 Å². The number of aromatic nitrogens is 1. The van der Waals surface area contributed by atoms with Crippen LogP contribution in [0, 0.1) is 0 Å². The van der Waals surface area contributed by atoms with Gasteiger partial charge in [-0.2, -0.15) is 0 Å². The largest absolute Gasteiger partial charge is 0.391 e. The van der Waals surface area contributed by atoms with E-state index in [0.717, 1.165) is 4.34 Å². The maximum atomic E-state index is 9.17. The van der Waals surface area contributed by atoms with Crippen LogP contribution in [0.1, 0.15) is 0 Å². The lowest BCUT2D eigenvalue weighted by Crippen LogP contribution is -2.10. The summed E-state index contributed by atoms with van der Waals surface area (Å²) in [6.07, 6.45) is 1.50. The maximum absolute atomic E-state index is 9.17. The molecule has 5 heteroatoms. The average Bonchev–Trinajstić information content (AvgIpc) is 2.52. The fourth-order valence-electron chi connectivity index (χ4n) is 0.494. The van der Waals surface area contributed by atoms with Gasteiger partial charge in [-0.3, -0.25) is 0 Å². The van der Waals surface area contributed by atoms with Gasteiger partial charge in [0.2, 0.25) is 0 Å². The lowest BCUT2D eigenvalue weighted by atomic mass is 10.5. The van der Waals surface area contributed by atoms with Gasteiger partial charge in [0.25, 0.3) is 0 Å². The van der Waals surface area contributed by atoms with Gasteiger partial charge in [-0.05, 0) is 0 Å². The first-order chi connectivity index (χ1) is 5.33. The van der Waals surface area contributed by atoms with E-state index >= 15 is 0 Å². The number of thioether (sulfide) groups is 1. The molecule has 0 aliphatic carbocycles. The summed E-state index contributed by atoms with van der Waals surface area (Å²) >= 11 is 6.39. The number of rotatable bonds is 4. The molecule has 1 aromatic heterocycles. The minimum atomic E-state index is -0.274. The minimum Gasteiger partial charge on any atom is -0.391 e. The van der Waals surface area contributed by atoms with Crippen LogP contribution in [0.15, 0.2) is 15.9 Å². The molecule has 1 heterocycles. The molecule has 11 heavy (non-hydrogen) atoms. The fourth-order valence-corrected chi connectivity index (χ4v) is 2.62. The number of aliphatic hydroxyl groups excluding tert-OH is 1. The number of thiazole rings is 1. The zero-order chi connectivity index (χ0) is 8.10. The highest BCUT2D eigenvalue weighted by atomic mass is 79.9. The van der Waals surface area contributed by atoms with E-state index in [2.05, 4.69) is 20.9 Å². The van der Waals surface area contributed by atoms with Gasteiger partial charge in [0, 0.05) is 22.7 Å². The molecule has 2 nitrogen and oxygen atoms in total. The summed E-state index contributed by atoms with van der Waals surface area (Å²) in [6.45, 7) is 0. The second kappa shape index (κ2) is 5.13. The standard InChI is InChI=1S/C6H8BrNOS2/c7-3-5(9)4-11-6-8-1-2-10-6/h1-2,5,9H,3-4H2. The molecule has 0 amide bonds. The van der Waals surface area contributed by atoms with Crippen LogP contribution in [0.4, 0.5) is 0 Å². The van der Waals surface area contributed by atoms with Crippen molar-refractivity contribution >= 4 is 39.0 Å². The van der Waals surface area contributed by atoms with E-state index in [1.165, 1.54) is 0 Å². The highest BCUT2D eigenvalue weighted by Gasteiger charge is 2.03. The SMILES string of the molecule is OC(CBr)CSc1nccs1. The zero-order valence-electron chi connectivity index (χ0n) is 5.74. The van der Waals surface area contributed by atoms with Gasteiger partial charge in [0.15, 0.2) is 0 Å². The van der Waals surface area contributed by atoms with Crippen LogP contribution in [-0.2, 0) is 0 Å². The predicted octanol–water partition coefficient (Wildman–Crippen LogP) is 1.99. The van der Waals surface area contributed by atoms with Gasteiger partial charge in [0.05, 0.1) is 6.10 Å². The van der Waals surface area contributed by atoms with E-state index < -0.39 is 0 Å². The Morgan fingerprint density at radius 3 is 3.18 bits per heavy atom. The maximum Gasteiger partial charge on any atom is 0.149 e. The van der Waals surface area contributed by atoms with Crippen LogP contribution >= 0.6 is 39.0 Å². The monoisotopic (exact) mass is 253 g/mol. The van der Waals surface area contributed by atoms with Crippen LogP contribution in [-0.4, -0.2) is 27.3 Å². The molecule has 0 aromatic carbocycles. The van der Waals surface area contributed by atoms with Crippen LogP contribution in [0.2, 0.25) is 0 Å². The first kappa shape index (κ1) is 9.51. The van der Waals surface area contributed by atoms with E-state index in [4.69, 9.17) is 5.11 Å². The molecule has 1 unspecified atom stereocenters. The van der Waals surface area contributed by atoms with Crippen molar-refractivity contribution in [2.24, 2.45) is 0 Å². The molecule has 0 aliphatic heterocycles. The second-order valence-corrected chi connectivity index (χ2v) is 4.73. The molecule has 0 radical (unpaired) electrons. The molecular weight excluding hydrogens is 246 g/mol. The summed E-state index contributed by atoms with van der Waals surface area (Å²) in [5.41, 5.74) is 0. The highest BCUT2D eigenvalue weighted by Crippen LogP contribution is 2.20. The van der Waals surface area contributed by atoms with Gasteiger partial charge in [0.1, 0.15) is 4.34 Å². The molecule has 62 valence electrons. The Hall–Kier alpha value is 0.420. The molecule has 0 saturated carbocycles.